The molecule has 0 aliphatic rings. The van der Waals surface area contributed by atoms with Crippen LogP contribution in [0.4, 0.5) is 14.5 Å². The van der Waals surface area contributed by atoms with Crippen molar-refractivity contribution < 1.29 is 13.6 Å². The lowest BCUT2D eigenvalue weighted by atomic mass is 10.2. The van der Waals surface area contributed by atoms with Crippen LogP contribution < -0.4 is 16.6 Å². The van der Waals surface area contributed by atoms with Gasteiger partial charge in [-0.15, -0.1) is 0 Å². The van der Waals surface area contributed by atoms with Crippen LogP contribution in [-0.2, 0) is 6.54 Å². The Morgan fingerprint density at radius 1 is 0.939 bits per heavy atom. The fourth-order valence-electron chi connectivity index (χ4n) is 3.23. The van der Waals surface area contributed by atoms with E-state index < -0.39 is 34.5 Å². The minimum Gasteiger partial charge on any atom is -0.320 e. The van der Waals surface area contributed by atoms with Crippen molar-refractivity contribution >= 4 is 11.6 Å². The third kappa shape index (κ3) is 4.77. The average Bonchev–Trinajstić information content (AvgIpc) is 2.77. The zero-order chi connectivity index (χ0) is 23.5. The SMILES string of the molecule is Cc1ccc(-n2nc(C(=O)Nc3cccc(F)c3)c(=O)n(Cc3cccc(F)c3)c2=O)cc1. The van der Waals surface area contributed by atoms with E-state index in [1.165, 1.54) is 36.4 Å². The zero-order valence-electron chi connectivity index (χ0n) is 17.5. The molecule has 0 saturated heterocycles. The number of anilines is 1. The molecule has 4 aromatic rings. The number of halogens is 2. The molecule has 33 heavy (non-hydrogen) atoms. The Kier molecular flexibility index (Phi) is 5.95. The molecule has 0 aliphatic heterocycles. The number of nitrogens with one attached hydrogen (secondary N) is 1. The molecule has 0 saturated carbocycles. The second-order valence-electron chi connectivity index (χ2n) is 7.36. The van der Waals surface area contributed by atoms with E-state index in [0.29, 0.717) is 11.3 Å². The lowest BCUT2D eigenvalue weighted by Crippen LogP contribution is -2.45. The summed E-state index contributed by atoms with van der Waals surface area (Å²) in [5.41, 5.74) is -0.589. The van der Waals surface area contributed by atoms with Crippen molar-refractivity contribution in [3.63, 3.8) is 0 Å². The summed E-state index contributed by atoms with van der Waals surface area (Å²) < 4.78 is 28.9. The Bertz CT molecular complexity index is 1460. The first kappa shape index (κ1) is 21.8. The van der Waals surface area contributed by atoms with Gasteiger partial charge >= 0.3 is 5.69 Å². The molecule has 9 heteroatoms. The van der Waals surface area contributed by atoms with Gasteiger partial charge in [-0.25, -0.2) is 13.6 Å². The Balaban J connectivity index is 1.85. The van der Waals surface area contributed by atoms with Crippen LogP contribution in [0.15, 0.2) is 82.4 Å². The summed E-state index contributed by atoms with van der Waals surface area (Å²) in [4.78, 5) is 39.1. The fraction of sp³-hybridized carbons (Fsp3) is 0.0833. The van der Waals surface area contributed by atoms with Crippen molar-refractivity contribution in [3.05, 3.63) is 122 Å². The van der Waals surface area contributed by atoms with Crippen LogP contribution in [0.5, 0.6) is 0 Å². The average molecular weight is 448 g/mol. The third-order valence-corrected chi connectivity index (χ3v) is 4.87. The molecule has 0 fully saturated rings. The highest BCUT2D eigenvalue weighted by molar-refractivity contribution is 6.02. The molecule has 0 spiro atoms. The van der Waals surface area contributed by atoms with Gasteiger partial charge in [0.05, 0.1) is 12.2 Å². The predicted molar refractivity (Wildman–Crippen MR) is 119 cm³/mol. The first-order valence-electron chi connectivity index (χ1n) is 9.94. The number of aryl methyl sites for hydroxylation is 1. The third-order valence-electron chi connectivity index (χ3n) is 4.87. The maximum absolute atomic E-state index is 13.7. The highest BCUT2D eigenvalue weighted by atomic mass is 19.1. The van der Waals surface area contributed by atoms with Gasteiger partial charge < -0.3 is 5.32 Å². The Labute approximate surface area is 186 Å². The highest BCUT2D eigenvalue weighted by Gasteiger charge is 2.21. The van der Waals surface area contributed by atoms with Crippen LogP contribution in [0.1, 0.15) is 21.6 Å². The van der Waals surface area contributed by atoms with E-state index in [1.54, 1.807) is 30.3 Å². The molecular formula is C24H18F2N4O3. The van der Waals surface area contributed by atoms with Gasteiger partial charge in [0.25, 0.3) is 11.5 Å². The van der Waals surface area contributed by atoms with Gasteiger partial charge in [-0.3, -0.25) is 14.2 Å². The lowest BCUT2D eigenvalue weighted by Gasteiger charge is -2.13. The molecule has 0 atom stereocenters. The molecule has 1 heterocycles. The number of hydrogen-bond acceptors (Lipinski definition) is 4. The van der Waals surface area contributed by atoms with E-state index in [1.807, 2.05) is 6.92 Å². The van der Waals surface area contributed by atoms with E-state index >= 15 is 0 Å². The van der Waals surface area contributed by atoms with Crippen molar-refractivity contribution in [2.45, 2.75) is 13.5 Å². The summed E-state index contributed by atoms with van der Waals surface area (Å²) in [5, 5.41) is 6.42. The number of nitrogens with zero attached hydrogens (tertiary/aromatic N) is 3. The van der Waals surface area contributed by atoms with Crippen molar-refractivity contribution in [2.75, 3.05) is 5.32 Å². The summed E-state index contributed by atoms with van der Waals surface area (Å²) in [5.74, 6) is -2.02. The van der Waals surface area contributed by atoms with Gasteiger partial charge in [-0.1, -0.05) is 35.9 Å². The maximum Gasteiger partial charge on any atom is 0.352 e. The number of hydrogen-bond donors (Lipinski definition) is 1. The van der Waals surface area contributed by atoms with E-state index in [2.05, 4.69) is 10.4 Å². The smallest absolute Gasteiger partial charge is 0.320 e. The molecule has 0 radical (unpaired) electrons. The van der Waals surface area contributed by atoms with Crippen LogP contribution >= 0.6 is 0 Å². The van der Waals surface area contributed by atoms with Crippen LogP contribution in [0.3, 0.4) is 0 Å². The summed E-state index contributed by atoms with van der Waals surface area (Å²) in [6, 6.07) is 17.3. The van der Waals surface area contributed by atoms with Crippen molar-refractivity contribution in [1.29, 1.82) is 0 Å². The number of rotatable bonds is 5. The quantitative estimate of drug-likeness (QED) is 0.508. The molecule has 4 rings (SSSR count). The molecular weight excluding hydrogens is 430 g/mol. The summed E-state index contributed by atoms with van der Waals surface area (Å²) in [6.45, 7) is 1.59. The van der Waals surface area contributed by atoms with E-state index in [0.717, 1.165) is 20.9 Å². The summed E-state index contributed by atoms with van der Waals surface area (Å²) in [7, 11) is 0. The molecule has 0 aliphatic carbocycles. The Morgan fingerprint density at radius 3 is 2.27 bits per heavy atom. The number of carbonyl (C=O) groups excluding carboxylic acids is 1. The summed E-state index contributed by atoms with van der Waals surface area (Å²) >= 11 is 0. The van der Waals surface area contributed by atoms with E-state index in [9.17, 15) is 23.2 Å². The van der Waals surface area contributed by atoms with Crippen molar-refractivity contribution in [1.82, 2.24) is 14.3 Å². The second-order valence-corrected chi connectivity index (χ2v) is 7.36. The standard InChI is InChI=1S/C24H18F2N4O3/c1-15-8-10-20(11-9-15)30-24(33)29(14-16-4-2-5-17(25)12-16)23(32)21(28-30)22(31)27-19-7-3-6-18(26)13-19/h2-13H,14H2,1H3,(H,27,31). The molecule has 0 bridgehead atoms. The molecule has 7 nitrogen and oxygen atoms in total. The van der Waals surface area contributed by atoms with E-state index in [-0.39, 0.29) is 12.2 Å². The first-order valence-corrected chi connectivity index (χ1v) is 9.94. The predicted octanol–water partition coefficient (Wildman–Crippen LogP) is 3.28. The minimum absolute atomic E-state index is 0.117. The van der Waals surface area contributed by atoms with Crippen LogP contribution in [0, 0.1) is 18.6 Å². The monoisotopic (exact) mass is 448 g/mol. The fourth-order valence-corrected chi connectivity index (χ4v) is 3.23. The molecule has 1 aromatic heterocycles. The van der Waals surface area contributed by atoms with Crippen molar-refractivity contribution in [2.24, 2.45) is 0 Å². The first-order chi connectivity index (χ1) is 15.8. The molecule has 3 aromatic carbocycles. The zero-order valence-corrected chi connectivity index (χ0v) is 17.5. The molecule has 1 N–H and O–H groups in total. The second kappa shape index (κ2) is 8.99. The van der Waals surface area contributed by atoms with Gasteiger partial charge in [0.15, 0.2) is 0 Å². The maximum atomic E-state index is 13.7. The van der Waals surface area contributed by atoms with Crippen LogP contribution in [0.2, 0.25) is 0 Å². The topological polar surface area (TPSA) is 86.0 Å². The normalized spacial score (nSPS) is 10.8. The van der Waals surface area contributed by atoms with Gasteiger partial charge in [0.1, 0.15) is 11.6 Å². The number of amides is 1. The number of carbonyl (C=O) groups is 1. The number of benzene rings is 3. The van der Waals surface area contributed by atoms with Gasteiger partial charge in [-0.2, -0.15) is 9.78 Å². The Hall–Kier alpha value is -4.40. The van der Waals surface area contributed by atoms with Crippen LogP contribution in [-0.4, -0.2) is 20.3 Å². The lowest BCUT2D eigenvalue weighted by molar-refractivity contribution is 0.101. The van der Waals surface area contributed by atoms with Crippen molar-refractivity contribution in [3.8, 4) is 5.69 Å². The van der Waals surface area contributed by atoms with Gasteiger partial charge in [-0.05, 0) is 55.0 Å². The summed E-state index contributed by atoms with van der Waals surface area (Å²) in [6.07, 6.45) is 0. The van der Waals surface area contributed by atoms with Gasteiger partial charge in [0, 0.05) is 5.69 Å². The number of aromatic nitrogens is 3. The minimum atomic E-state index is -0.957. The molecule has 0 unspecified atom stereocenters. The molecule has 166 valence electrons. The van der Waals surface area contributed by atoms with Gasteiger partial charge in [0.2, 0.25) is 5.69 Å². The molecule has 1 amide bonds. The Morgan fingerprint density at radius 2 is 1.61 bits per heavy atom. The largest absolute Gasteiger partial charge is 0.352 e. The van der Waals surface area contributed by atoms with Crippen LogP contribution in [0.25, 0.3) is 5.69 Å². The highest BCUT2D eigenvalue weighted by Crippen LogP contribution is 2.11. The van der Waals surface area contributed by atoms with E-state index in [4.69, 9.17) is 0 Å².